The number of hydrogen-bond donors (Lipinski definition) is 1. The standard InChI is InChI=1S/C17H22N2O/c1-14(2)16-8-6-15(7-9-16)13-18-10-12-19-11-4-3-5-17(19)20/h3-9,11,14,18H,10,12-13H2,1-2H3. The number of nitrogens with one attached hydrogen (secondary N) is 1. The molecule has 2 rings (SSSR count). The van der Waals surface area contributed by atoms with Gasteiger partial charge in [-0.25, -0.2) is 0 Å². The van der Waals surface area contributed by atoms with Gasteiger partial charge in [0.2, 0.25) is 0 Å². The van der Waals surface area contributed by atoms with Crippen molar-refractivity contribution in [3.63, 3.8) is 0 Å². The van der Waals surface area contributed by atoms with Crippen LogP contribution in [0.2, 0.25) is 0 Å². The second kappa shape index (κ2) is 7.06. The third kappa shape index (κ3) is 4.07. The largest absolute Gasteiger partial charge is 0.314 e. The fraction of sp³-hybridized carbons (Fsp3) is 0.353. The van der Waals surface area contributed by atoms with E-state index in [1.54, 1.807) is 16.7 Å². The quantitative estimate of drug-likeness (QED) is 0.819. The van der Waals surface area contributed by atoms with Gasteiger partial charge >= 0.3 is 0 Å². The van der Waals surface area contributed by atoms with E-state index in [4.69, 9.17) is 0 Å². The van der Waals surface area contributed by atoms with E-state index in [0.29, 0.717) is 12.5 Å². The number of nitrogens with zero attached hydrogens (tertiary/aromatic N) is 1. The van der Waals surface area contributed by atoms with Crippen LogP contribution in [0.5, 0.6) is 0 Å². The van der Waals surface area contributed by atoms with Gasteiger partial charge in [0.15, 0.2) is 0 Å². The smallest absolute Gasteiger partial charge is 0.250 e. The van der Waals surface area contributed by atoms with Gasteiger partial charge in [-0.05, 0) is 23.1 Å². The normalized spacial score (nSPS) is 10.9. The van der Waals surface area contributed by atoms with Crippen LogP contribution in [0.3, 0.4) is 0 Å². The SMILES string of the molecule is CC(C)c1ccc(CNCCn2ccccc2=O)cc1. The molecule has 3 heteroatoms. The van der Waals surface area contributed by atoms with Crippen molar-refractivity contribution < 1.29 is 0 Å². The summed E-state index contributed by atoms with van der Waals surface area (Å²) in [6, 6.07) is 13.9. The maximum Gasteiger partial charge on any atom is 0.250 e. The molecule has 0 spiro atoms. The second-order valence-electron chi connectivity index (χ2n) is 5.31. The fourth-order valence-electron chi connectivity index (χ4n) is 2.10. The van der Waals surface area contributed by atoms with Crippen LogP contribution in [-0.4, -0.2) is 11.1 Å². The lowest BCUT2D eigenvalue weighted by atomic mass is 10.0. The molecule has 0 amide bonds. The van der Waals surface area contributed by atoms with Crippen molar-refractivity contribution in [2.24, 2.45) is 0 Å². The van der Waals surface area contributed by atoms with Crippen LogP contribution in [0.25, 0.3) is 0 Å². The Balaban J connectivity index is 1.79. The van der Waals surface area contributed by atoms with Gasteiger partial charge in [0.1, 0.15) is 0 Å². The predicted octanol–water partition coefficient (Wildman–Crippen LogP) is 2.76. The van der Waals surface area contributed by atoms with Crippen LogP contribution in [0, 0.1) is 0 Å². The first kappa shape index (κ1) is 14.5. The lowest BCUT2D eigenvalue weighted by Crippen LogP contribution is -2.25. The minimum absolute atomic E-state index is 0.0515. The Bertz CT molecular complexity index is 584. The minimum atomic E-state index is 0.0515. The molecule has 0 aliphatic rings. The number of hydrogen-bond acceptors (Lipinski definition) is 2. The van der Waals surface area contributed by atoms with Gasteiger partial charge in [-0.2, -0.15) is 0 Å². The van der Waals surface area contributed by atoms with Crippen LogP contribution in [0.4, 0.5) is 0 Å². The molecular formula is C17H22N2O. The highest BCUT2D eigenvalue weighted by atomic mass is 16.1. The van der Waals surface area contributed by atoms with Crippen LogP contribution < -0.4 is 10.9 Å². The molecule has 0 saturated carbocycles. The van der Waals surface area contributed by atoms with Gasteiger partial charge < -0.3 is 9.88 Å². The maximum atomic E-state index is 11.5. The number of benzene rings is 1. The van der Waals surface area contributed by atoms with E-state index in [1.807, 2.05) is 12.3 Å². The Kier molecular flexibility index (Phi) is 5.13. The molecule has 2 aromatic rings. The lowest BCUT2D eigenvalue weighted by molar-refractivity contribution is 0.585. The van der Waals surface area contributed by atoms with Gasteiger partial charge in [-0.15, -0.1) is 0 Å². The van der Waals surface area contributed by atoms with E-state index >= 15 is 0 Å². The Morgan fingerprint density at radius 1 is 1.10 bits per heavy atom. The summed E-state index contributed by atoms with van der Waals surface area (Å²) in [5.41, 5.74) is 2.69. The van der Waals surface area contributed by atoms with E-state index in [2.05, 4.69) is 43.4 Å². The molecule has 1 N–H and O–H groups in total. The zero-order chi connectivity index (χ0) is 14.4. The van der Waals surface area contributed by atoms with Gasteiger partial charge in [0, 0.05) is 31.9 Å². The van der Waals surface area contributed by atoms with Crippen LogP contribution in [0.15, 0.2) is 53.5 Å². The summed E-state index contributed by atoms with van der Waals surface area (Å²) < 4.78 is 1.72. The van der Waals surface area contributed by atoms with Crippen molar-refractivity contribution in [1.29, 1.82) is 0 Å². The third-order valence-electron chi connectivity index (χ3n) is 3.40. The first-order valence-electron chi connectivity index (χ1n) is 7.12. The Hall–Kier alpha value is -1.87. The van der Waals surface area contributed by atoms with Crippen molar-refractivity contribution in [3.05, 3.63) is 70.1 Å². The van der Waals surface area contributed by atoms with Crippen molar-refractivity contribution in [3.8, 4) is 0 Å². The number of pyridine rings is 1. The molecule has 0 atom stereocenters. The van der Waals surface area contributed by atoms with E-state index in [9.17, 15) is 4.79 Å². The van der Waals surface area contributed by atoms with Gasteiger partial charge in [-0.1, -0.05) is 44.2 Å². The molecule has 0 radical (unpaired) electrons. The molecule has 0 unspecified atom stereocenters. The summed E-state index contributed by atoms with van der Waals surface area (Å²) in [6.45, 7) is 6.72. The van der Waals surface area contributed by atoms with Gasteiger partial charge in [0.25, 0.3) is 5.56 Å². The summed E-state index contributed by atoms with van der Waals surface area (Å²) >= 11 is 0. The molecule has 1 aromatic heterocycles. The van der Waals surface area contributed by atoms with Crippen molar-refractivity contribution in [2.75, 3.05) is 6.54 Å². The first-order valence-corrected chi connectivity index (χ1v) is 7.12. The fourth-order valence-corrected chi connectivity index (χ4v) is 2.10. The molecule has 0 aliphatic carbocycles. The van der Waals surface area contributed by atoms with Crippen LogP contribution >= 0.6 is 0 Å². The lowest BCUT2D eigenvalue weighted by Gasteiger charge is -2.09. The summed E-state index contributed by atoms with van der Waals surface area (Å²) in [6.07, 6.45) is 1.82. The van der Waals surface area contributed by atoms with E-state index in [1.165, 1.54) is 11.1 Å². The number of rotatable bonds is 6. The topological polar surface area (TPSA) is 34.0 Å². The third-order valence-corrected chi connectivity index (χ3v) is 3.40. The predicted molar refractivity (Wildman–Crippen MR) is 82.9 cm³/mol. The second-order valence-corrected chi connectivity index (χ2v) is 5.31. The van der Waals surface area contributed by atoms with E-state index in [0.717, 1.165) is 13.1 Å². The molecule has 0 bridgehead atoms. The molecule has 106 valence electrons. The average molecular weight is 270 g/mol. The first-order chi connectivity index (χ1) is 9.66. The van der Waals surface area contributed by atoms with E-state index < -0.39 is 0 Å². The monoisotopic (exact) mass is 270 g/mol. The molecule has 1 aromatic carbocycles. The molecular weight excluding hydrogens is 248 g/mol. The molecule has 3 nitrogen and oxygen atoms in total. The highest BCUT2D eigenvalue weighted by Crippen LogP contribution is 2.14. The highest BCUT2D eigenvalue weighted by molar-refractivity contribution is 5.24. The Labute approximate surface area is 120 Å². The maximum absolute atomic E-state index is 11.5. The molecule has 20 heavy (non-hydrogen) atoms. The molecule has 1 heterocycles. The Morgan fingerprint density at radius 2 is 1.85 bits per heavy atom. The summed E-state index contributed by atoms with van der Waals surface area (Å²) in [5, 5.41) is 3.37. The summed E-state index contributed by atoms with van der Waals surface area (Å²) in [7, 11) is 0. The van der Waals surface area contributed by atoms with Crippen molar-refractivity contribution >= 4 is 0 Å². The van der Waals surface area contributed by atoms with Crippen LogP contribution in [-0.2, 0) is 13.1 Å². The van der Waals surface area contributed by atoms with Crippen molar-refractivity contribution in [1.82, 2.24) is 9.88 Å². The highest BCUT2D eigenvalue weighted by Gasteiger charge is 1.99. The summed E-state index contributed by atoms with van der Waals surface area (Å²) in [4.78, 5) is 11.5. The minimum Gasteiger partial charge on any atom is -0.314 e. The zero-order valence-electron chi connectivity index (χ0n) is 12.2. The van der Waals surface area contributed by atoms with E-state index in [-0.39, 0.29) is 5.56 Å². The molecule has 0 fully saturated rings. The number of aromatic nitrogens is 1. The van der Waals surface area contributed by atoms with Gasteiger partial charge in [-0.3, -0.25) is 4.79 Å². The summed E-state index contributed by atoms with van der Waals surface area (Å²) in [5.74, 6) is 0.571. The average Bonchev–Trinajstić information content (AvgIpc) is 2.46. The van der Waals surface area contributed by atoms with Crippen molar-refractivity contribution in [2.45, 2.75) is 32.9 Å². The van der Waals surface area contributed by atoms with Gasteiger partial charge in [0.05, 0.1) is 0 Å². The molecule has 0 saturated heterocycles. The molecule has 0 aliphatic heterocycles. The Morgan fingerprint density at radius 3 is 2.50 bits per heavy atom. The zero-order valence-corrected chi connectivity index (χ0v) is 12.2. The van der Waals surface area contributed by atoms with Crippen LogP contribution in [0.1, 0.15) is 30.9 Å².